The van der Waals surface area contributed by atoms with Gasteiger partial charge in [0.15, 0.2) is 0 Å². The van der Waals surface area contributed by atoms with E-state index < -0.39 is 0 Å². The van der Waals surface area contributed by atoms with E-state index in [-0.39, 0.29) is 0 Å². The summed E-state index contributed by atoms with van der Waals surface area (Å²) in [4.78, 5) is 0. The number of hydrogen-bond acceptors (Lipinski definition) is 3. The molecule has 0 saturated carbocycles. The summed E-state index contributed by atoms with van der Waals surface area (Å²) >= 11 is 9.45. The van der Waals surface area contributed by atoms with Gasteiger partial charge in [-0.15, -0.1) is 0 Å². The first-order chi connectivity index (χ1) is 10.5. The molecule has 0 radical (unpaired) electrons. The van der Waals surface area contributed by atoms with Gasteiger partial charge in [-0.1, -0.05) is 27.5 Å². The SMILES string of the molecule is Cc1cc(OCCOc2ccc(Br)cc2C#N)cc(C)c1Cl. The van der Waals surface area contributed by atoms with Crippen molar-refractivity contribution in [1.29, 1.82) is 5.26 Å². The van der Waals surface area contributed by atoms with Gasteiger partial charge < -0.3 is 9.47 Å². The summed E-state index contributed by atoms with van der Waals surface area (Å²) in [6.45, 7) is 4.64. The van der Waals surface area contributed by atoms with Crippen LogP contribution >= 0.6 is 27.5 Å². The zero-order valence-electron chi connectivity index (χ0n) is 12.3. The first kappa shape index (κ1) is 16.7. The predicted molar refractivity (Wildman–Crippen MR) is 90.8 cm³/mol. The van der Waals surface area contributed by atoms with Crippen molar-refractivity contribution in [2.45, 2.75) is 13.8 Å². The lowest BCUT2D eigenvalue weighted by Crippen LogP contribution is -2.10. The Morgan fingerprint density at radius 2 is 1.73 bits per heavy atom. The highest BCUT2D eigenvalue weighted by atomic mass is 79.9. The monoisotopic (exact) mass is 379 g/mol. The molecule has 2 aromatic rings. The van der Waals surface area contributed by atoms with E-state index in [0.29, 0.717) is 24.5 Å². The van der Waals surface area contributed by atoms with Crippen molar-refractivity contribution in [3.63, 3.8) is 0 Å². The molecule has 0 aliphatic carbocycles. The van der Waals surface area contributed by atoms with Gasteiger partial charge in [-0.2, -0.15) is 5.26 Å². The molecule has 0 spiro atoms. The molecule has 3 nitrogen and oxygen atoms in total. The fourth-order valence-corrected chi connectivity index (χ4v) is 2.49. The standard InChI is InChI=1S/C17H15BrClNO2/c1-11-7-15(8-12(2)17(11)19)21-5-6-22-16-4-3-14(18)9-13(16)10-20/h3-4,7-9H,5-6H2,1-2H3. The van der Waals surface area contributed by atoms with Crippen molar-refractivity contribution in [1.82, 2.24) is 0 Å². The highest BCUT2D eigenvalue weighted by Gasteiger charge is 2.05. The molecule has 0 unspecified atom stereocenters. The maximum atomic E-state index is 9.07. The Morgan fingerprint density at radius 3 is 2.36 bits per heavy atom. The van der Waals surface area contributed by atoms with Gasteiger partial charge in [0, 0.05) is 9.50 Å². The highest BCUT2D eigenvalue weighted by molar-refractivity contribution is 9.10. The van der Waals surface area contributed by atoms with Crippen LogP contribution in [0.5, 0.6) is 11.5 Å². The van der Waals surface area contributed by atoms with Crippen molar-refractivity contribution in [3.8, 4) is 17.6 Å². The largest absolute Gasteiger partial charge is 0.490 e. The second-order valence-corrected chi connectivity index (χ2v) is 6.11. The van der Waals surface area contributed by atoms with Crippen LogP contribution in [0, 0.1) is 25.2 Å². The number of ether oxygens (including phenoxy) is 2. The maximum Gasteiger partial charge on any atom is 0.137 e. The van der Waals surface area contributed by atoms with Gasteiger partial charge in [0.25, 0.3) is 0 Å². The summed E-state index contributed by atoms with van der Waals surface area (Å²) in [7, 11) is 0. The second kappa shape index (κ2) is 7.53. The maximum absolute atomic E-state index is 9.07. The summed E-state index contributed by atoms with van der Waals surface area (Å²) in [6, 6.07) is 11.2. The minimum atomic E-state index is 0.358. The Labute approximate surface area is 143 Å². The van der Waals surface area contributed by atoms with Crippen LogP contribution in [0.2, 0.25) is 5.02 Å². The summed E-state index contributed by atoms with van der Waals surface area (Å²) in [5, 5.41) is 9.83. The number of nitrogens with zero attached hydrogens (tertiary/aromatic N) is 1. The molecule has 0 N–H and O–H groups in total. The third-order valence-corrected chi connectivity index (χ3v) is 4.17. The van der Waals surface area contributed by atoms with Crippen LogP contribution in [0.3, 0.4) is 0 Å². The van der Waals surface area contributed by atoms with E-state index >= 15 is 0 Å². The van der Waals surface area contributed by atoms with Crippen LogP contribution in [0.4, 0.5) is 0 Å². The molecule has 0 aliphatic heterocycles. The van der Waals surface area contributed by atoms with Crippen LogP contribution < -0.4 is 9.47 Å². The smallest absolute Gasteiger partial charge is 0.137 e. The van der Waals surface area contributed by atoms with Gasteiger partial charge in [-0.05, 0) is 55.3 Å². The molecule has 0 aromatic heterocycles. The highest BCUT2D eigenvalue weighted by Crippen LogP contribution is 2.26. The van der Waals surface area contributed by atoms with E-state index in [1.54, 1.807) is 12.1 Å². The zero-order chi connectivity index (χ0) is 16.1. The average molecular weight is 381 g/mol. The molecule has 0 bridgehead atoms. The molecule has 5 heteroatoms. The molecule has 0 atom stereocenters. The Kier molecular flexibility index (Phi) is 5.70. The molecule has 2 rings (SSSR count). The van der Waals surface area contributed by atoms with E-state index in [9.17, 15) is 0 Å². The molecule has 2 aromatic carbocycles. The second-order valence-electron chi connectivity index (χ2n) is 4.82. The first-order valence-corrected chi connectivity index (χ1v) is 7.90. The summed E-state index contributed by atoms with van der Waals surface area (Å²) in [5.74, 6) is 1.32. The van der Waals surface area contributed by atoms with Crippen LogP contribution in [0.25, 0.3) is 0 Å². The third-order valence-electron chi connectivity index (χ3n) is 3.08. The number of halogens is 2. The number of nitriles is 1. The molecule has 0 saturated heterocycles. The summed E-state index contributed by atoms with van der Waals surface area (Å²) in [5.41, 5.74) is 2.46. The lowest BCUT2D eigenvalue weighted by molar-refractivity contribution is 0.216. The number of benzene rings is 2. The minimum absolute atomic E-state index is 0.358. The Balaban J connectivity index is 1.92. The first-order valence-electron chi connectivity index (χ1n) is 6.73. The quantitative estimate of drug-likeness (QED) is 0.682. The van der Waals surface area contributed by atoms with E-state index in [4.69, 9.17) is 26.3 Å². The van der Waals surface area contributed by atoms with Gasteiger partial charge in [0.05, 0.1) is 5.56 Å². The molecule has 114 valence electrons. The zero-order valence-corrected chi connectivity index (χ0v) is 14.7. The average Bonchev–Trinajstić information content (AvgIpc) is 2.50. The van der Waals surface area contributed by atoms with Gasteiger partial charge in [0.1, 0.15) is 30.8 Å². The van der Waals surface area contributed by atoms with Gasteiger partial charge >= 0.3 is 0 Å². The van der Waals surface area contributed by atoms with Gasteiger partial charge in [0.2, 0.25) is 0 Å². The fraction of sp³-hybridized carbons (Fsp3) is 0.235. The van der Waals surface area contributed by atoms with E-state index in [0.717, 1.165) is 26.4 Å². The fourth-order valence-electron chi connectivity index (χ4n) is 2.02. The van der Waals surface area contributed by atoms with E-state index in [1.807, 2.05) is 32.0 Å². The molecule has 0 amide bonds. The number of hydrogen-bond donors (Lipinski definition) is 0. The Morgan fingerprint density at radius 1 is 1.09 bits per heavy atom. The van der Waals surface area contributed by atoms with Crippen LogP contribution in [-0.4, -0.2) is 13.2 Å². The summed E-state index contributed by atoms with van der Waals surface area (Å²) < 4.78 is 12.1. The van der Waals surface area contributed by atoms with Crippen molar-refractivity contribution in [2.24, 2.45) is 0 Å². The van der Waals surface area contributed by atoms with E-state index in [1.165, 1.54) is 0 Å². The van der Waals surface area contributed by atoms with Crippen LogP contribution in [0.1, 0.15) is 16.7 Å². The van der Waals surface area contributed by atoms with Gasteiger partial charge in [-0.3, -0.25) is 0 Å². The third kappa shape index (κ3) is 4.16. The van der Waals surface area contributed by atoms with Crippen molar-refractivity contribution in [3.05, 3.63) is 56.5 Å². The summed E-state index contributed by atoms with van der Waals surface area (Å²) in [6.07, 6.45) is 0. The van der Waals surface area contributed by atoms with Crippen LogP contribution in [0.15, 0.2) is 34.8 Å². The lowest BCUT2D eigenvalue weighted by atomic mass is 10.1. The number of rotatable bonds is 5. The normalized spacial score (nSPS) is 10.1. The van der Waals surface area contributed by atoms with Crippen LogP contribution in [-0.2, 0) is 0 Å². The van der Waals surface area contributed by atoms with Crippen molar-refractivity contribution in [2.75, 3.05) is 13.2 Å². The van der Waals surface area contributed by atoms with Crippen molar-refractivity contribution < 1.29 is 9.47 Å². The molecule has 22 heavy (non-hydrogen) atoms. The Hall–Kier alpha value is -1.70. The van der Waals surface area contributed by atoms with E-state index in [2.05, 4.69) is 22.0 Å². The molecular formula is C17H15BrClNO2. The predicted octanol–water partition coefficient (Wildman–Crippen LogP) is 5.05. The van der Waals surface area contributed by atoms with Crippen molar-refractivity contribution >= 4 is 27.5 Å². The molecular weight excluding hydrogens is 366 g/mol. The topological polar surface area (TPSA) is 42.2 Å². The lowest BCUT2D eigenvalue weighted by Gasteiger charge is -2.11. The Bertz CT molecular complexity index is 702. The molecule has 0 heterocycles. The molecule has 0 fully saturated rings. The minimum Gasteiger partial charge on any atom is -0.490 e. The molecule has 0 aliphatic rings. The number of aryl methyl sites for hydroxylation is 2. The van der Waals surface area contributed by atoms with Gasteiger partial charge in [-0.25, -0.2) is 0 Å².